The zero-order valence-corrected chi connectivity index (χ0v) is 17.1. The third kappa shape index (κ3) is 3.87. The number of amides is 1. The van der Waals surface area contributed by atoms with Gasteiger partial charge in [-0.2, -0.15) is 0 Å². The molecule has 0 saturated carbocycles. The minimum atomic E-state index is -0.330. The average Bonchev–Trinajstić information content (AvgIpc) is 3.20. The maximum Gasteiger partial charge on any atom is 0.243 e. The standard InChI is InChI=1S/C20H26N6OS/c1-12-6-5-7-14-17(12)24-16(25-18(14)26-8-3-4-9-26)11-21-19(27)15-10-13(2)22-20(28)23-15/h5-7,13,15H,3-4,8-11H2,1-2H3,(H,21,27)(H2,22,23,28)/t13-,15+/m1/s1. The molecule has 2 aromatic rings. The fourth-order valence-electron chi connectivity index (χ4n) is 3.93. The molecule has 2 saturated heterocycles. The van der Waals surface area contributed by atoms with E-state index in [1.807, 2.05) is 6.92 Å². The summed E-state index contributed by atoms with van der Waals surface area (Å²) in [6.45, 7) is 6.41. The summed E-state index contributed by atoms with van der Waals surface area (Å²) in [5, 5.41) is 10.7. The van der Waals surface area contributed by atoms with Crippen molar-refractivity contribution >= 4 is 40.0 Å². The van der Waals surface area contributed by atoms with Crippen LogP contribution in [0.4, 0.5) is 5.82 Å². The SMILES string of the molecule is Cc1cccc2c(N3CCCC3)nc(CNC(=O)[C@@H]3C[C@@H](C)NC(=S)N3)nc12. The predicted octanol–water partition coefficient (Wildman–Crippen LogP) is 1.78. The van der Waals surface area contributed by atoms with Crippen molar-refractivity contribution in [1.82, 2.24) is 25.9 Å². The Morgan fingerprint density at radius 3 is 2.82 bits per heavy atom. The maximum absolute atomic E-state index is 12.6. The number of thiocarbonyl (C=S) groups is 1. The first-order valence-corrected chi connectivity index (χ1v) is 10.3. The van der Waals surface area contributed by atoms with Gasteiger partial charge < -0.3 is 20.9 Å². The third-order valence-electron chi connectivity index (χ3n) is 5.37. The molecule has 1 aromatic carbocycles. The maximum atomic E-state index is 12.6. The topological polar surface area (TPSA) is 82.2 Å². The summed E-state index contributed by atoms with van der Waals surface area (Å²) in [6, 6.07) is 6.04. The highest BCUT2D eigenvalue weighted by molar-refractivity contribution is 7.80. The van der Waals surface area contributed by atoms with Gasteiger partial charge in [-0.05, 0) is 57.0 Å². The van der Waals surface area contributed by atoms with E-state index >= 15 is 0 Å². The summed E-state index contributed by atoms with van der Waals surface area (Å²) >= 11 is 5.17. The highest BCUT2D eigenvalue weighted by Crippen LogP contribution is 2.28. The van der Waals surface area contributed by atoms with Gasteiger partial charge in [-0.15, -0.1) is 0 Å². The molecule has 0 aliphatic carbocycles. The smallest absolute Gasteiger partial charge is 0.243 e. The van der Waals surface area contributed by atoms with Crippen LogP contribution in [0.3, 0.4) is 0 Å². The van der Waals surface area contributed by atoms with Gasteiger partial charge in [0.25, 0.3) is 0 Å². The summed E-state index contributed by atoms with van der Waals surface area (Å²) in [4.78, 5) is 24.5. The van der Waals surface area contributed by atoms with Crippen molar-refractivity contribution < 1.29 is 4.79 Å². The van der Waals surface area contributed by atoms with E-state index in [0.29, 0.717) is 23.9 Å². The Kier molecular flexibility index (Phi) is 5.30. The second-order valence-corrected chi connectivity index (χ2v) is 8.06. The number of rotatable bonds is 4. The average molecular weight is 399 g/mol. The lowest BCUT2D eigenvalue weighted by atomic mass is 10.1. The normalized spacial score (nSPS) is 22.1. The Labute approximate surface area is 170 Å². The fraction of sp³-hybridized carbons (Fsp3) is 0.500. The van der Waals surface area contributed by atoms with Crippen LogP contribution in [0.1, 0.15) is 37.6 Å². The van der Waals surface area contributed by atoms with E-state index in [9.17, 15) is 4.79 Å². The Bertz CT molecular complexity index is 911. The molecule has 4 rings (SSSR count). The van der Waals surface area contributed by atoms with Gasteiger partial charge in [0.2, 0.25) is 5.91 Å². The highest BCUT2D eigenvalue weighted by atomic mass is 32.1. The van der Waals surface area contributed by atoms with Crippen molar-refractivity contribution in [3.63, 3.8) is 0 Å². The van der Waals surface area contributed by atoms with Gasteiger partial charge in [0, 0.05) is 24.5 Å². The first-order valence-electron chi connectivity index (χ1n) is 9.87. The molecule has 3 N–H and O–H groups in total. The predicted molar refractivity (Wildman–Crippen MR) is 114 cm³/mol. The van der Waals surface area contributed by atoms with Gasteiger partial charge in [-0.1, -0.05) is 12.1 Å². The highest BCUT2D eigenvalue weighted by Gasteiger charge is 2.27. The molecule has 0 radical (unpaired) electrons. The number of anilines is 1. The van der Waals surface area contributed by atoms with Crippen molar-refractivity contribution in [2.24, 2.45) is 0 Å². The number of fused-ring (bicyclic) bond motifs is 1. The van der Waals surface area contributed by atoms with Crippen molar-refractivity contribution in [3.8, 4) is 0 Å². The molecule has 2 atom stereocenters. The summed E-state index contributed by atoms with van der Waals surface area (Å²) in [5.41, 5.74) is 2.07. The van der Waals surface area contributed by atoms with E-state index < -0.39 is 0 Å². The van der Waals surface area contributed by atoms with E-state index in [2.05, 4.69) is 46.0 Å². The van der Waals surface area contributed by atoms with Crippen LogP contribution in [0, 0.1) is 6.92 Å². The van der Waals surface area contributed by atoms with Crippen molar-refractivity contribution in [2.75, 3.05) is 18.0 Å². The number of aryl methyl sites for hydroxylation is 1. The summed E-state index contributed by atoms with van der Waals surface area (Å²) in [7, 11) is 0. The van der Waals surface area contributed by atoms with Crippen LogP contribution in [0.25, 0.3) is 10.9 Å². The first kappa shape index (κ1) is 18.9. The zero-order valence-electron chi connectivity index (χ0n) is 16.3. The zero-order chi connectivity index (χ0) is 19.7. The quantitative estimate of drug-likeness (QED) is 0.677. The number of nitrogens with zero attached hydrogens (tertiary/aromatic N) is 3. The van der Waals surface area contributed by atoms with Crippen LogP contribution in [0.15, 0.2) is 18.2 Å². The number of aromatic nitrogens is 2. The Morgan fingerprint density at radius 2 is 2.07 bits per heavy atom. The Morgan fingerprint density at radius 1 is 1.29 bits per heavy atom. The van der Waals surface area contributed by atoms with Crippen molar-refractivity contribution in [1.29, 1.82) is 0 Å². The molecule has 0 bridgehead atoms. The largest absolute Gasteiger partial charge is 0.360 e. The Hall–Kier alpha value is -2.48. The van der Waals surface area contributed by atoms with Crippen LogP contribution in [0.2, 0.25) is 0 Å². The van der Waals surface area contributed by atoms with Crippen LogP contribution in [0.5, 0.6) is 0 Å². The van der Waals surface area contributed by atoms with Gasteiger partial charge in [-0.3, -0.25) is 4.79 Å². The second kappa shape index (κ2) is 7.87. The van der Waals surface area contributed by atoms with E-state index in [0.717, 1.165) is 35.4 Å². The molecular formula is C20H26N6OS. The molecule has 7 nitrogen and oxygen atoms in total. The lowest BCUT2D eigenvalue weighted by Gasteiger charge is -2.30. The number of para-hydroxylation sites is 1. The molecule has 8 heteroatoms. The second-order valence-electron chi connectivity index (χ2n) is 7.65. The minimum absolute atomic E-state index is 0.0769. The molecule has 148 valence electrons. The molecule has 0 unspecified atom stereocenters. The summed E-state index contributed by atoms with van der Waals surface area (Å²) in [5.74, 6) is 1.54. The first-order chi connectivity index (χ1) is 13.5. The van der Waals surface area contributed by atoms with Crippen molar-refractivity contribution in [2.45, 2.75) is 51.7 Å². The van der Waals surface area contributed by atoms with Crippen LogP contribution in [-0.4, -0.2) is 46.2 Å². The van der Waals surface area contributed by atoms with Gasteiger partial charge in [-0.25, -0.2) is 9.97 Å². The number of carbonyl (C=O) groups excluding carboxylic acids is 1. The van der Waals surface area contributed by atoms with Gasteiger partial charge >= 0.3 is 0 Å². The van der Waals surface area contributed by atoms with E-state index in [1.165, 1.54) is 12.8 Å². The number of nitrogens with one attached hydrogen (secondary N) is 3. The van der Waals surface area contributed by atoms with E-state index in [1.54, 1.807) is 0 Å². The lowest BCUT2D eigenvalue weighted by Crippen LogP contribution is -2.58. The van der Waals surface area contributed by atoms with E-state index in [4.69, 9.17) is 22.2 Å². The van der Waals surface area contributed by atoms with E-state index in [-0.39, 0.29) is 18.0 Å². The van der Waals surface area contributed by atoms with Crippen molar-refractivity contribution in [3.05, 3.63) is 29.6 Å². The molecular weight excluding hydrogens is 372 g/mol. The number of hydrogen-bond donors (Lipinski definition) is 3. The fourth-order valence-corrected chi connectivity index (χ4v) is 4.27. The molecule has 2 aliphatic rings. The number of benzene rings is 1. The van der Waals surface area contributed by atoms with Gasteiger partial charge in [0.15, 0.2) is 10.9 Å². The van der Waals surface area contributed by atoms with Crippen LogP contribution >= 0.6 is 12.2 Å². The molecule has 0 spiro atoms. The minimum Gasteiger partial charge on any atom is -0.360 e. The summed E-state index contributed by atoms with van der Waals surface area (Å²) < 4.78 is 0. The number of hydrogen-bond acceptors (Lipinski definition) is 5. The molecule has 28 heavy (non-hydrogen) atoms. The molecule has 1 aromatic heterocycles. The molecule has 1 amide bonds. The monoisotopic (exact) mass is 398 g/mol. The van der Waals surface area contributed by atoms with Gasteiger partial charge in [0.05, 0.1) is 12.1 Å². The molecule has 3 heterocycles. The van der Waals surface area contributed by atoms with Crippen LogP contribution < -0.4 is 20.9 Å². The lowest BCUT2D eigenvalue weighted by molar-refractivity contribution is -0.123. The third-order valence-corrected chi connectivity index (χ3v) is 5.61. The van der Waals surface area contributed by atoms with Gasteiger partial charge in [0.1, 0.15) is 11.9 Å². The molecule has 2 aliphatic heterocycles. The Balaban J connectivity index is 1.56. The number of carbonyl (C=O) groups is 1. The van der Waals surface area contributed by atoms with Crippen LogP contribution in [-0.2, 0) is 11.3 Å². The summed E-state index contributed by atoms with van der Waals surface area (Å²) in [6.07, 6.45) is 3.05. The molecule has 2 fully saturated rings.